The zero-order chi connectivity index (χ0) is 11.4. The molecule has 2 aliphatic heterocycles. The van der Waals surface area contributed by atoms with E-state index in [0.29, 0.717) is 12.3 Å². The van der Waals surface area contributed by atoms with E-state index < -0.39 is 0 Å². The average Bonchev–Trinajstić information content (AvgIpc) is 2.74. The van der Waals surface area contributed by atoms with E-state index in [9.17, 15) is 9.59 Å². The van der Waals surface area contributed by atoms with Crippen LogP contribution in [-0.4, -0.2) is 42.6 Å². The number of carbonyl (C=O) groups excluding carboxylic acids is 2. The highest BCUT2D eigenvalue weighted by molar-refractivity contribution is 8.14. The van der Waals surface area contributed by atoms with E-state index in [-0.39, 0.29) is 29.6 Å². The van der Waals surface area contributed by atoms with Crippen molar-refractivity contribution in [2.45, 2.75) is 12.5 Å². The van der Waals surface area contributed by atoms with Crippen LogP contribution in [0.15, 0.2) is 11.6 Å². The molecule has 0 spiro atoms. The fraction of sp³-hybridized carbons (Fsp3) is 0.600. The third-order valence-electron chi connectivity index (χ3n) is 2.64. The second-order valence-electron chi connectivity index (χ2n) is 3.83. The van der Waals surface area contributed by atoms with Crippen LogP contribution in [0.1, 0.15) is 6.42 Å². The molecule has 0 bridgehead atoms. The Kier molecular flexibility index (Phi) is 5.80. The summed E-state index contributed by atoms with van der Waals surface area (Å²) >= 11 is 1.16. The van der Waals surface area contributed by atoms with Crippen molar-refractivity contribution in [1.29, 1.82) is 0 Å². The van der Waals surface area contributed by atoms with Crippen molar-refractivity contribution in [3.8, 4) is 0 Å². The normalized spacial score (nSPS) is 23.4. The minimum absolute atomic E-state index is 0. The molecule has 2 amide bonds. The predicted octanol–water partition coefficient (Wildman–Crippen LogP) is 0.269. The van der Waals surface area contributed by atoms with Crippen LogP contribution in [0.3, 0.4) is 0 Å². The van der Waals surface area contributed by atoms with Crippen LogP contribution >= 0.6 is 24.2 Å². The average molecular weight is 278 g/mol. The van der Waals surface area contributed by atoms with Crippen LogP contribution in [0.4, 0.5) is 4.79 Å². The second-order valence-corrected chi connectivity index (χ2v) is 4.82. The number of carbonyl (C=O) groups is 2. The lowest BCUT2D eigenvalue weighted by Gasteiger charge is -2.16. The van der Waals surface area contributed by atoms with E-state index in [2.05, 4.69) is 22.0 Å². The first kappa shape index (κ1) is 14.3. The van der Waals surface area contributed by atoms with Gasteiger partial charge in [0.25, 0.3) is 5.24 Å². The van der Waals surface area contributed by atoms with Gasteiger partial charge >= 0.3 is 0 Å². The topological polar surface area (TPSA) is 70.2 Å². The third kappa shape index (κ3) is 4.22. The molecule has 5 nitrogen and oxygen atoms in total. The van der Waals surface area contributed by atoms with Crippen LogP contribution in [0.25, 0.3) is 0 Å². The van der Waals surface area contributed by atoms with Gasteiger partial charge in [-0.1, -0.05) is 23.4 Å². The summed E-state index contributed by atoms with van der Waals surface area (Å²) in [6.45, 7) is 2.44. The molecule has 1 saturated heterocycles. The SMILES string of the molecule is Cl.O=C1N[C@H](C(=O)NCC2=CCNCC2)CS1. The van der Waals surface area contributed by atoms with Gasteiger partial charge in [0.15, 0.2) is 0 Å². The first-order chi connectivity index (χ1) is 7.75. The van der Waals surface area contributed by atoms with Crippen molar-refractivity contribution >= 4 is 35.3 Å². The molecule has 3 N–H and O–H groups in total. The van der Waals surface area contributed by atoms with E-state index >= 15 is 0 Å². The lowest BCUT2D eigenvalue weighted by molar-refractivity contribution is -0.122. The summed E-state index contributed by atoms with van der Waals surface area (Å²) in [5.41, 5.74) is 1.25. The van der Waals surface area contributed by atoms with Gasteiger partial charge < -0.3 is 16.0 Å². The quantitative estimate of drug-likeness (QED) is 0.648. The van der Waals surface area contributed by atoms with Crippen molar-refractivity contribution in [3.05, 3.63) is 11.6 Å². The summed E-state index contributed by atoms with van der Waals surface area (Å²) < 4.78 is 0. The molecule has 1 fully saturated rings. The zero-order valence-corrected chi connectivity index (χ0v) is 11.0. The fourth-order valence-corrected chi connectivity index (χ4v) is 2.46. The maximum absolute atomic E-state index is 11.7. The molecule has 0 aromatic carbocycles. The summed E-state index contributed by atoms with van der Waals surface area (Å²) in [6.07, 6.45) is 3.08. The van der Waals surface area contributed by atoms with Crippen LogP contribution in [0.2, 0.25) is 0 Å². The maximum Gasteiger partial charge on any atom is 0.279 e. The Morgan fingerprint density at radius 3 is 3.00 bits per heavy atom. The lowest BCUT2D eigenvalue weighted by Crippen LogP contribution is -2.43. The van der Waals surface area contributed by atoms with Gasteiger partial charge in [0, 0.05) is 18.8 Å². The molecule has 0 aromatic rings. The number of rotatable bonds is 3. The van der Waals surface area contributed by atoms with Crippen molar-refractivity contribution in [2.24, 2.45) is 0 Å². The fourth-order valence-electron chi connectivity index (χ4n) is 1.68. The highest BCUT2D eigenvalue weighted by Gasteiger charge is 2.27. The molecule has 1 atom stereocenters. The van der Waals surface area contributed by atoms with Gasteiger partial charge in [-0.05, 0) is 13.0 Å². The molecule has 0 aromatic heterocycles. The van der Waals surface area contributed by atoms with Crippen molar-refractivity contribution in [2.75, 3.05) is 25.4 Å². The maximum atomic E-state index is 11.7. The van der Waals surface area contributed by atoms with Gasteiger partial charge in [-0.15, -0.1) is 12.4 Å². The molecule has 96 valence electrons. The molecule has 17 heavy (non-hydrogen) atoms. The van der Waals surface area contributed by atoms with E-state index in [1.165, 1.54) is 5.57 Å². The minimum atomic E-state index is -0.361. The van der Waals surface area contributed by atoms with Crippen molar-refractivity contribution < 1.29 is 9.59 Å². The monoisotopic (exact) mass is 277 g/mol. The van der Waals surface area contributed by atoms with Crippen LogP contribution in [-0.2, 0) is 4.79 Å². The van der Waals surface area contributed by atoms with E-state index in [1.54, 1.807) is 0 Å². The Balaban J connectivity index is 0.00000144. The largest absolute Gasteiger partial charge is 0.351 e. The van der Waals surface area contributed by atoms with Gasteiger partial charge in [-0.3, -0.25) is 9.59 Å². The number of hydrogen-bond acceptors (Lipinski definition) is 4. The Morgan fingerprint density at radius 1 is 1.59 bits per heavy atom. The number of thioether (sulfide) groups is 1. The first-order valence-electron chi connectivity index (χ1n) is 5.35. The van der Waals surface area contributed by atoms with Gasteiger partial charge in [-0.25, -0.2) is 0 Å². The summed E-state index contributed by atoms with van der Waals surface area (Å²) in [5.74, 6) is 0.448. The molecule has 7 heteroatoms. The molecular formula is C10H16ClN3O2S. The number of nitrogens with one attached hydrogen (secondary N) is 3. The lowest BCUT2D eigenvalue weighted by atomic mass is 10.1. The van der Waals surface area contributed by atoms with Gasteiger partial charge in [-0.2, -0.15) is 0 Å². The molecule has 0 radical (unpaired) electrons. The number of hydrogen-bond donors (Lipinski definition) is 3. The third-order valence-corrected chi connectivity index (χ3v) is 3.52. The van der Waals surface area contributed by atoms with E-state index in [1.807, 2.05) is 0 Å². The standard InChI is InChI=1S/C10H15N3O2S.ClH/c14-9(8-6-16-10(15)13-8)12-5-7-1-3-11-4-2-7;/h1,8,11H,2-6H2,(H,12,14)(H,13,15);1H/t8-;/m0./s1. The summed E-state index contributed by atoms with van der Waals surface area (Å²) in [6, 6.07) is -0.361. The first-order valence-corrected chi connectivity index (χ1v) is 6.34. The van der Waals surface area contributed by atoms with Gasteiger partial charge in [0.2, 0.25) is 5.91 Å². The van der Waals surface area contributed by atoms with Gasteiger partial charge in [0.1, 0.15) is 6.04 Å². The molecule has 0 aliphatic carbocycles. The van der Waals surface area contributed by atoms with Crippen LogP contribution in [0.5, 0.6) is 0 Å². The Bertz CT molecular complexity index is 336. The molecule has 2 rings (SSSR count). The van der Waals surface area contributed by atoms with E-state index in [0.717, 1.165) is 31.3 Å². The Hall–Kier alpha value is -0.720. The smallest absolute Gasteiger partial charge is 0.279 e. The summed E-state index contributed by atoms with van der Waals surface area (Å²) in [5, 5.41) is 8.58. The molecule has 2 aliphatic rings. The minimum Gasteiger partial charge on any atom is -0.351 e. The molecule has 2 heterocycles. The van der Waals surface area contributed by atoms with Crippen LogP contribution < -0.4 is 16.0 Å². The number of halogens is 1. The van der Waals surface area contributed by atoms with Crippen LogP contribution in [0, 0.1) is 0 Å². The van der Waals surface area contributed by atoms with Crippen molar-refractivity contribution in [3.63, 3.8) is 0 Å². The molecule has 0 unspecified atom stereocenters. The second kappa shape index (κ2) is 6.88. The van der Waals surface area contributed by atoms with Gasteiger partial charge in [0.05, 0.1) is 0 Å². The Labute approximate surface area is 111 Å². The Morgan fingerprint density at radius 2 is 2.41 bits per heavy atom. The zero-order valence-electron chi connectivity index (χ0n) is 9.32. The highest BCUT2D eigenvalue weighted by Crippen LogP contribution is 2.13. The van der Waals surface area contributed by atoms with Crippen molar-refractivity contribution in [1.82, 2.24) is 16.0 Å². The summed E-state index contributed by atoms with van der Waals surface area (Å²) in [4.78, 5) is 22.6. The predicted molar refractivity (Wildman–Crippen MR) is 70.6 cm³/mol. The summed E-state index contributed by atoms with van der Waals surface area (Å²) in [7, 11) is 0. The molecule has 0 saturated carbocycles. The highest BCUT2D eigenvalue weighted by atomic mass is 35.5. The van der Waals surface area contributed by atoms with E-state index in [4.69, 9.17) is 0 Å². The number of amides is 2. The molecular weight excluding hydrogens is 262 g/mol.